The minimum absolute atomic E-state index is 0.154. The van der Waals surface area contributed by atoms with Crippen molar-refractivity contribution in [3.05, 3.63) is 94.3 Å². The number of amides is 1. The van der Waals surface area contributed by atoms with Crippen LogP contribution in [0.15, 0.2) is 66.7 Å². The van der Waals surface area contributed by atoms with Gasteiger partial charge in [0, 0.05) is 17.1 Å². The summed E-state index contributed by atoms with van der Waals surface area (Å²) in [7, 11) is 0. The summed E-state index contributed by atoms with van der Waals surface area (Å²) in [5, 5.41) is 3.57. The molecule has 1 aromatic heterocycles. The molecule has 0 spiro atoms. The van der Waals surface area contributed by atoms with Gasteiger partial charge in [-0.3, -0.25) is 4.79 Å². The molecule has 4 rings (SSSR count). The van der Waals surface area contributed by atoms with Gasteiger partial charge in [-0.1, -0.05) is 35.9 Å². The van der Waals surface area contributed by atoms with Gasteiger partial charge >= 0.3 is 0 Å². The molecule has 0 fully saturated rings. The zero-order valence-electron chi connectivity index (χ0n) is 18.3. The van der Waals surface area contributed by atoms with Crippen LogP contribution in [-0.2, 0) is 13.1 Å². The third kappa shape index (κ3) is 4.94. The molecule has 1 N–H and O–H groups in total. The third-order valence-electron chi connectivity index (χ3n) is 5.59. The van der Waals surface area contributed by atoms with Crippen molar-refractivity contribution in [2.75, 3.05) is 6.61 Å². The monoisotopic (exact) mass is 447 g/mol. The molecule has 0 radical (unpaired) electrons. The number of hydrogen-bond acceptors (Lipinski definition) is 3. The lowest BCUT2D eigenvalue weighted by Crippen LogP contribution is -2.25. The van der Waals surface area contributed by atoms with E-state index in [-0.39, 0.29) is 5.91 Å². The zero-order valence-corrected chi connectivity index (χ0v) is 19.0. The third-order valence-corrected chi connectivity index (χ3v) is 5.84. The van der Waals surface area contributed by atoms with Gasteiger partial charge in [0.2, 0.25) is 0 Å². The minimum atomic E-state index is -0.154. The highest BCUT2D eigenvalue weighted by Crippen LogP contribution is 2.21. The van der Waals surface area contributed by atoms with Crippen molar-refractivity contribution in [1.82, 2.24) is 14.9 Å². The average molecular weight is 448 g/mol. The Hall–Kier alpha value is -3.31. The highest BCUT2D eigenvalue weighted by Gasteiger charge is 2.13. The smallest absolute Gasteiger partial charge is 0.251 e. The number of para-hydroxylation sites is 2. The van der Waals surface area contributed by atoms with Crippen LogP contribution in [0.1, 0.15) is 33.7 Å². The van der Waals surface area contributed by atoms with Crippen LogP contribution < -0.4 is 10.1 Å². The Morgan fingerprint density at radius 2 is 1.81 bits per heavy atom. The topological polar surface area (TPSA) is 56.1 Å². The van der Waals surface area contributed by atoms with E-state index in [0.717, 1.165) is 35.6 Å². The summed E-state index contributed by atoms with van der Waals surface area (Å²) in [6.07, 6.45) is 0.825. The molecule has 4 aromatic rings. The molecule has 0 atom stereocenters. The van der Waals surface area contributed by atoms with Gasteiger partial charge in [0.05, 0.1) is 24.2 Å². The molecular formula is C26H26ClN3O2. The predicted octanol–water partition coefficient (Wildman–Crippen LogP) is 5.71. The maximum atomic E-state index is 12.5. The number of aromatic nitrogens is 2. The van der Waals surface area contributed by atoms with Gasteiger partial charge in [-0.05, 0) is 73.9 Å². The number of nitrogens with zero attached hydrogens (tertiary/aromatic N) is 2. The molecule has 0 saturated heterocycles. The number of fused-ring (bicyclic) bond motifs is 1. The summed E-state index contributed by atoms with van der Waals surface area (Å²) in [5.74, 6) is 1.59. The molecule has 5 nitrogen and oxygen atoms in total. The lowest BCUT2D eigenvalue weighted by Gasteiger charge is -2.13. The van der Waals surface area contributed by atoms with Gasteiger partial charge in [0.25, 0.3) is 5.91 Å². The highest BCUT2D eigenvalue weighted by atomic mass is 35.5. The maximum Gasteiger partial charge on any atom is 0.251 e. The van der Waals surface area contributed by atoms with Gasteiger partial charge in [-0.15, -0.1) is 0 Å². The van der Waals surface area contributed by atoms with E-state index >= 15 is 0 Å². The first-order chi connectivity index (χ1) is 15.5. The number of hydrogen-bond donors (Lipinski definition) is 1. The van der Waals surface area contributed by atoms with Crippen molar-refractivity contribution >= 4 is 28.5 Å². The van der Waals surface area contributed by atoms with Gasteiger partial charge in [-0.2, -0.15) is 0 Å². The number of ether oxygens (including phenoxy) is 1. The molecule has 1 amide bonds. The molecule has 6 heteroatoms. The summed E-state index contributed by atoms with van der Waals surface area (Å²) in [5.41, 5.74) is 4.93. The molecule has 164 valence electrons. The van der Waals surface area contributed by atoms with E-state index < -0.39 is 0 Å². The Morgan fingerprint density at radius 1 is 1.03 bits per heavy atom. The Kier molecular flexibility index (Phi) is 6.76. The van der Waals surface area contributed by atoms with Crippen LogP contribution >= 0.6 is 11.6 Å². The second kappa shape index (κ2) is 9.88. The second-order valence-electron chi connectivity index (χ2n) is 7.76. The number of halogens is 1. The summed E-state index contributed by atoms with van der Waals surface area (Å²) >= 11 is 5.92. The Labute approximate surface area is 193 Å². The molecule has 0 aliphatic carbocycles. The van der Waals surface area contributed by atoms with Gasteiger partial charge in [0.15, 0.2) is 0 Å². The highest BCUT2D eigenvalue weighted by molar-refractivity contribution is 6.30. The fraction of sp³-hybridized carbons (Fsp3) is 0.231. The summed E-state index contributed by atoms with van der Waals surface area (Å²) in [6.45, 7) is 5.86. The maximum absolute atomic E-state index is 12.5. The molecule has 0 unspecified atom stereocenters. The van der Waals surface area contributed by atoms with E-state index in [2.05, 4.69) is 35.9 Å². The van der Waals surface area contributed by atoms with E-state index in [9.17, 15) is 4.79 Å². The summed E-state index contributed by atoms with van der Waals surface area (Å²) in [6, 6.07) is 21.0. The fourth-order valence-corrected chi connectivity index (χ4v) is 3.78. The molecule has 3 aromatic carbocycles. The van der Waals surface area contributed by atoms with Crippen LogP contribution in [-0.4, -0.2) is 22.1 Å². The van der Waals surface area contributed by atoms with Crippen molar-refractivity contribution in [3.63, 3.8) is 0 Å². The number of carbonyl (C=O) groups is 1. The van der Waals surface area contributed by atoms with Crippen LogP contribution in [0.4, 0.5) is 0 Å². The minimum Gasteiger partial charge on any atom is -0.493 e. The van der Waals surface area contributed by atoms with Crippen LogP contribution in [0.25, 0.3) is 11.0 Å². The summed E-state index contributed by atoms with van der Waals surface area (Å²) < 4.78 is 8.18. The first-order valence-corrected chi connectivity index (χ1v) is 11.1. The standard InChI is InChI=1S/C26H26ClN3O2/c1-18-7-5-10-24(19(18)2)32-16-6-15-30-23-9-4-3-8-22(23)29-25(30)17-28-26(31)20-11-13-21(27)14-12-20/h3-5,7-14H,6,15-17H2,1-2H3,(H,28,31). The number of benzene rings is 3. The largest absolute Gasteiger partial charge is 0.493 e. The lowest BCUT2D eigenvalue weighted by molar-refractivity contribution is 0.0949. The fourth-order valence-electron chi connectivity index (χ4n) is 3.66. The van der Waals surface area contributed by atoms with E-state index in [0.29, 0.717) is 23.7 Å². The normalized spacial score (nSPS) is 11.0. The average Bonchev–Trinajstić information content (AvgIpc) is 3.15. The van der Waals surface area contributed by atoms with E-state index in [1.165, 1.54) is 11.1 Å². The van der Waals surface area contributed by atoms with Crippen LogP contribution in [0.2, 0.25) is 5.02 Å². The molecule has 0 aliphatic heterocycles. The molecular weight excluding hydrogens is 422 g/mol. The van der Waals surface area contributed by atoms with E-state index in [4.69, 9.17) is 21.3 Å². The number of carbonyl (C=O) groups excluding carboxylic acids is 1. The predicted molar refractivity (Wildman–Crippen MR) is 128 cm³/mol. The quantitative estimate of drug-likeness (QED) is 0.352. The summed E-state index contributed by atoms with van der Waals surface area (Å²) in [4.78, 5) is 17.3. The van der Waals surface area contributed by atoms with Crippen LogP contribution in [0.5, 0.6) is 5.75 Å². The lowest BCUT2D eigenvalue weighted by atomic mass is 10.1. The first kappa shape index (κ1) is 21.9. The van der Waals surface area contributed by atoms with Crippen molar-refractivity contribution in [3.8, 4) is 5.75 Å². The van der Waals surface area contributed by atoms with Crippen LogP contribution in [0.3, 0.4) is 0 Å². The number of nitrogens with one attached hydrogen (secondary N) is 1. The van der Waals surface area contributed by atoms with Crippen LogP contribution in [0, 0.1) is 13.8 Å². The molecule has 0 bridgehead atoms. The Balaban J connectivity index is 1.43. The molecule has 32 heavy (non-hydrogen) atoms. The molecule has 0 saturated carbocycles. The first-order valence-electron chi connectivity index (χ1n) is 10.7. The van der Waals surface area contributed by atoms with Crippen molar-refractivity contribution < 1.29 is 9.53 Å². The number of imidazole rings is 1. The zero-order chi connectivity index (χ0) is 22.5. The molecule has 0 aliphatic rings. The second-order valence-corrected chi connectivity index (χ2v) is 8.19. The van der Waals surface area contributed by atoms with Gasteiger partial charge in [0.1, 0.15) is 11.6 Å². The van der Waals surface area contributed by atoms with Crippen molar-refractivity contribution in [1.29, 1.82) is 0 Å². The van der Waals surface area contributed by atoms with E-state index in [1.54, 1.807) is 24.3 Å². The number of aryl methyl sites for hydroxylation is 2. The van der Waals surface area contributed by atoms with E-state index in [1.807, 2.05) is 30.3 Å². The SMILES string of the molecule is Cc1cccc(OCCCn2c(CNC(=O)c3ccc(Cl)cc3)nc3ccccc32)c1C. The van der Waals surface area contributed by atoms with Gasteiger partial charge < -0.3 is 14.6 Å². The Morgan fingerprint density at radius 3 is 2.62 bits per heavy atom. The number of rotatable bonds is 8. The van der Waals surface area contributed by atoms with Crippen molar-refractivity contribution in [2.45, 2.75) is 33.4 Å². The van der Waals surface area contributed by atoms with Gasteiger partial charge in [-0.25, -0.2) is 4.98 Å². The Bertz CT molecular complexity index is 1230. The molecule has 1 heterocycles. The van der Waals surface area contributed by atoms with Crippen molar-refractivity contribution in [2.24, 2.45) is 0 Å².